The fourth-order valence-corrected chi connectivity index (χ4v) is 4.14. The zero-order valence-electron chi connectivity index (χ0n) is 18.4. The number of benzene rings is 2. The number of rotatable bonds is 14. The highest BCUT2D eigenvalue weighted by Crippen LogP contribution is 2.08. The minimum Gasteiger partial charge on any atom is -0.480 e. The predicted molar refractivity (Wildman–Crippen MR) is 125 cm³/mol. The Balaban J connectivity index is 1.56. The topological polar surface area (TPSA) is 122 Å². The van der Waals surface area contributed by atoms with Crippen LogP contribution in [0.15, 0.2) is 65.6 Å². The van der Waals surface area contributed by atoms with Crippen LogP contribution in [0.5, 0.6) is 0 Å². The molecular formula is C24H30N2O6S. The van der Waals surface area contributed by atoms with Crippen LogP contribution in [0.1, 0.15) is 37.7 Å². The van der Waals surface area contributed by atoms with Crippen molar-refractivity contribution in [3.05, 3.63) is 66.2 Å². The maximum absolute atomic E-state index is 12.3. The first-order valence-electron chi connectivity index (χ1n) is 10.9. The van der Waals surface area contributed by atoms with Crippen molar-refractivity contribution >= 4 is 28.8 Å². The van der Waals surface area contributed by atoms with Crippen LogP contribution >= 0.6 is 0 Å². The molecule has 0 aliphatic carbocycles. The van der Waals surface area contributed by atoms with E-state index in [-0.39, 0.29) is 31.1 Å². The summed E-state index contributed by atoms with van der Waals surface area (Å²) in [7, 11) is -1.32. The first-order chi connectivity index (χ1) is 16.0. The van der Waals surface area contributed by atoms with Gasteiger partial charge in [0.15, 0.2) is 0 Å². The van der Waals surface area contributed by atoms with Gasteiger partial charge < -0.3 is 20.5 Å². The summed E-state index contributed by atoms with van der Waals surface area (Å²) in [6.07, 6.45) is 1.71. The Morgan fingerprint density at radius 3 is 2.27 bits per heavy atom. The predicted octanol–water partition coefficient (Wildman–Crippen LogP) is 3.24. The van der Waals surface area contributed by atoms with E-state index in [0.29, 0.717) is 30.7 Å². The molecule has 2 atom stereocenters. The highest BCUT2D eigenvalue weighted by Gasteiger charge is 2.20. The smallest absolute Gasteiger partial charge is 0.407 e. The van der Waals surface area contributed by atoms with E-state index in [2.05, 4.69) is 10.6 Å². The van der Waals surface area contributed by atoms with Crippen molar-refractivity contribution in [2.24, 2.45) is 0 Å². The molecule has 2 rings (SSSR count). The van der Waals surface area contributed by atoms with Gasteiger partial charge in [-0.25, -0.2) is 9.59 Å². The molecule has 0 heterocycles. The van der Waals surface area contributed by atoms with Gasteiger partial charge in [-0.1, -0.05) is 55.0 Å². The third-order valence-electron chi connectivity index (χ3n) is 4.79. The van der Waals surface area contributed by atoms with Crippen LogP contribution in [-0.2, 0) is 31.7 Å². The average molecular weight is 475 g/mol. The van der Waals surface area contributed by atoms with E-state index < -0.39 is 28.9 Å². The maximum Gasteiger partial charge on any atom is 0.407 e. The number of carboxylic acid groups (broad SMARTS) is 1. The Bertz CT molecular complexity index is 908. The minimum absolute atomic E-state index is 0.0809. The Labute approximate surface area is 196 Å². The van der Waals surface area contributed by atoms with Crippen LogP contribution in [-0.4, -0.2) is 45.6 Å². The number of carbonyl (C=O) groups is 3. The third-order valence-corrected chi connectivity index (χ3v) is 6.20. The van der Waals surface area contributed by atoms with Gasteiger partial charge in [-0.2, -0.15) is 0 Å². The van der Waals surface area contributed by atoms with Crippen LogP contribution < -0.4 is 10.6 Å². The Hall–Kier alpha value is -3.20. The van der Waals surface area contributed by atoms with E-state index in [4.69, 9.17) is 4.74 Å². The molecule has 3 N–H and O–H groups in total. The molecule has 8 nitrogen and oxygen atoms in total. The number of unbranched alkanes of at least 4 members (excludes halogenated alkanes) is 2. The molecule has 0 spiro atoms. The van der Waals surface area contributed by atoms with Crippen LogP contribution in [0.25, 0.3) is 0 Å². The van der Waals surface area contributed by atoms with Crippen molar-refractivity contribution in [2.75, 3.05) is 12.3 Å². The van der Waals surface area contributed by atoms with Crippen molar-refractivity contribution in [3.63, 3.8) is 0 Å². The number of nitrogens with one attached hydrogen (secondary N) is 2. The normalized spacial score (nSPS) is 12.4. The molecule has 33 heavy (non-hydrogen) atoms. The highest BCUT2D eigenvalue weighted by molar-refractivity contribution is 7.85. The van der Waals surface area contributed by atoms with Gasteiger partial charge in [0.2, 0.25) is 5.91 Å². The van der Waals surface area contributed by atoms with E-state index in [0.717, 1.165) is 5.56 Å². The average Bonchev–Trinajstić information content (AvgIpc) is 2.83. The van der Waals surface area contributed by atoms with Gasteiger partial charge in [0.05, 0.1) is 10.8 Å². The zero-order valence-corrected chi connectivity index (χ0v) is 19.2. The molecule has 0 saturated heterocycles. The molecule has 0 aromatic heterocycles. The number of carboxylic acids is 1. The summed E-state index contributed by atoms with van der Waals surface area (Å²) in [5.41, 5.74) is 0.907. The minimum atomic E-state index is -1.32. The molecule has 0 aliphatic heterocycles. The molecule has 0 aliphatic rings. The third kappa shape index (κ3) is 10.8. The van der Waals surface area contributed by atoms with Gasteiger partial charge in [0.25, 0.3) is 0 Å². The molecule has 2 aromatic carbocycles. The van der Waals surface area contributed by atoms with Crippen LogP contribution in [0.3, 0.4) is 0 Å². The van der Waals surface area contributed by atoms with Crippen LogP contribution in [0.2, 0.25) is 0 Å². The van der Waals surface area contributed by atoms with E-state index in [9.17, 15) is 23.7 Å². The van der Waals surface area contributed by atoms with Gasteiger partial charge in [0.1, 0.15) is 12.6 Å². The van der Waals surface area contributed by atoms with Gasteiger partial charge in [-0.3, -0.25) is 9.00 Å². The van der Waals surface area contributed by atoms with Crippen LogP contribution in [0, 0.1) is 0 Å². The van der Waals surface area contributed by atoms with E-state index in [1.54, 1.807) is 24.3 Å². The summed E-state index contributed by atoms with van der Waals surface area (Å²) >= 11 is 0. The first kappa shape index (κ1) is 26.1. The monoisotopic (exact) mass is 474 g/mol. The van der Waals surface area contributed by atoms with E-state index in [1.165, 1.54) is 0 Å². The zero-order chi connectivity index (χ0) is 23.9. The fraction of sp³-hybridized carbons (Fsp3) is 0.375. The van der Waals surface area contributed by atoms with Gasteiger partial charge in [-0.05, 0) is 37.0 Å². The second-order valence-electron chi connectivity index (χ2n) is 7.41. The fourth-order valence-electron chi connectivity index (χ4n) is 2.99. The van der Waals surface area contributed by atoms with Crippen molar-refractivity contribution < 1.29 is 28.4 Å². The molecule has 2 aromatic rings. The number of ether oxygens (including phenoxy) is 1. The summed E-state index contributed by atoms with van der Waals surface area (Å²) in [4.78, 5) is 35.8. The lowest BCUT2D eigenvalue weighted by Crippen LogP contribution is -2.41. The number of amides is 2. The lowest BCUT2D eigenvalue weighted by Gasteiger charge is -2.14. The molecule has 0 fully saturated rings. The Morgan fingerprint density at radius 1 is 0.939 bits per heavy atom. The molecule has 0 radical (unpaired) electrons. The molecule has 0 bridgehead atoms. The summed E-state index contributed by atoms with van der Waals surface area (Å²) in [5.74, 6) is -1.36. The second-order valence-corrected chi connectivity index (χ2v) is 8.98. The number of alkyl carbamates (subject to hydrolysis) is 1. The van der Waals surface area contributed by atoms with Crippen molar-refractivity contribution in [1.29, 1.82) is 0 Å². The summed E-state index contributed by atoms with van der Waals surface area (Å²) in [6.45, 7) is 0.634. The molecule has 0 saturated carbocycles. The van der Waals surface area contributed by atoms with Crippen molar-refractivity contribution in [3.8, 4) is 0 Å². The Morgan fingerprint density at radius 2 is 1.61 bits per heavy atom. The highest BCUT2D eigenvalue weighted by atomic mass is 32.2. The number of hydrogen-bond donors (Lipinski definition) is 3. The number of aliphatic carboxylic acids is 1. The van der Waals surface area contributed by atoms with Gasteiger partial charge in [0, 0.05) is 23.6 Å². The standard InChI is InChI=1S/C24H30N2O6S/c27-22(26-21(23(28)29)15-17-33(31)20-12-6-2-7-13-20)14-8-3-9-16-25-24(30)32-18-19-10-4-1-5-11-19/h1-2,4-7,10-13,21H,3,8-9,14-18H2,(H,25,30)(H,26,27)(H,28,29)/t21-,33+/m1/s1. The van der Waals surface area contributed by atoms with E-state index in [1.807, 2.05) is 36.4 Å². The number of carbonyl (C=O) groups excluding carboxylic acids is 2. The number of hydrogen-bond acceptors (Lipinski definition) is 5. The summed E-state index contributed by atoms with van der Waals surface area (Å²) < 4.78 is 17.4. The summed E-state index contributed by atoms with van der Waals surface area (Å²) in [5, 5.41) is 14.5. The maximum atomic E-state index is 12.3. The van der Waals surface area contributed by atoms with Crippen LogP contribution in [0.4, 0.5) is 4.79 Å². The van der Waals surface area contributed by atoms with Crippen molar-refractivity contribution in [1.82, 2.24) is 10.6 Å². The molecular weight excluding hydrogens is 444 g/mol. The summed E-state index contributed by atoms with van der Waals surface area (Å²) in [6, 6.07) is 17.1. The quantitative estimate of drug-likeness (QED) is 0.361. The first-order valence-corrected chi connectivity index (χ1v) is 12.2. The van der Waals surface area contributed by atoms with Crippen molar-refractivity contribution in [2.45, 2.75) is 49.6 Å². The largest absolute Gasteiger partial charge is 0.480 e. The molecule has 178 valence electrons. The lowest BCUT2D eigenvalue weighted by molar-refractivity contribution is -0.141. The SMILES string of the molecule is O=C(CCCCCNC(=O)OCc1ccccc1)N[C@H](CC[S@](=O)c1ccccc1)C(=O)O. The second kappa shape index (κ2) is 14.8. The van der Waals surface area contributed by atoms with Gasteiger partial charge >= 0.3 is 12.1 Å². The van der Waals surface area contributed by atoms with E-state index >= 15 is 0 Å². The molecule has 0 unspecified atom stereocenters. The Kier molecular flexibility index (Phi) is 11.7. The molecule has 9 heteroatoms. The lowest BCUT2D eigenvalue weighted by atomic mass is 10.1. The molecule has 2 amide bonds. The van der Waals surface area contributed by atoms with Gasteiger partial charge in [-0.15, -0.1) is 0 Å².